The van der Waals surface area contributed by atoms with Crippen LogP contribution in [0.4, 0.5) is 0 Å². The fourth-order valence-corrected chi connectivity index (χ4v) is 1.10. The molecular weight excluding hydrogens is 152 g/mol. The van der Waals surface area contributed by atoms with Gasteiger partial charge < -0.3 is 10.8 Å². The topological polar surface area (TPSA) is 49.5 Å². The number of aliphatic hydroxyl groups excluding tert-OH is 1. The molecule has 0 aromatic heterocycles. The Labute approximate surface area is 74.9 Å². The number of hydrogen-bond acceptors (Lipinski definition) is 3. The third-order valence-corrected chi connectivity index (χ3v) is 1.73. The smallest absolute Gasteiger partial charge is 0.0558 e. The van der Waals surface area contributed by atoms with Gasteiger partial charge in [0.2, 0.25) is 0 Å². The van der Waals surface area contributed by atoms with E-state index in [-0.39, 0.29) is 6.61 Å². The highest BCUT2D eigenvalue weighted by Gasteiger charge is 1.99. The average molecular weight is 172 g/mol. The molecule has 0 saturated carbocycles. The minimum atomic E-state index is 0.219. The van der Waals surface area contributed by atoms with Crippen molar-refractivity contribution in [1.82, 2.24) is 4.90 Å². The molecule has 0 fully saturated rings. The van der Waals surface area contributed by atoms with E-state index in [0.717, 1.165) is 39.0 Å². The Morgan fingerprint density at radius 2 is 2.08 bits per heavy atom. The summed E-state index contributed by atoms with van der Waals surface area (Å²) < 4.78 is 0. The van der Waals surface area contributed by atoms with E-state index < -0.39 is 0 Å². The van der Waals surface area contributed by atoms with Crippen LogP contribution in [0.25, 0.3) is 0 Å². The Balaban J connectivity index is 3.40. The van der Waals surface area contributed by atoms with E-state index >= 15 is 0 Å². The van der Waals surface area contributed by atoms with Crippen molar-refractivity contribution in [3.63, 3.8) is 0 Å². The summed E-state index contributed by atoms with van der Waals surface area (Å²) in [6.07, 6.45) is 4.02. The van der Waals surface area contributed by atoms with E-state index in [1.807, 2.05) is 6.08 Å². The molecule has 72 valence electrons. The van der Waals surface area contributed by atoms with Gasteiger partial charge in [0.15, 0.2) is 0 Å². The number of nitrogens with zero attached hydrogens (tertiary/aromatic N) is 1. The van der Waals surface area contributed by atoms with Crippen LogP contribution in [0.1, 0.15) is 12.8 Å². The van der Waals surface area contributed by atoms with Crippen LogP contribution in [-0.2, 0) is 0 Å². The molecular formula is C9H20N2O. The summed E-state index contributed by atoms with van der Waals surface area (Å²) >= 11 is 0. The molecule has 0 aliphatic carbocycles. The normalized spacial score (nSPS) is 10.6. The summed E-state index contributed by atoms with van der Waals surface area (Å²) in [5, 5.41) is 8.72. The van der Waals surface area contributed by atoms with E-state index in [1.54, 1.807) is 0 Å². The van der Waals surface area contributed by atoms with Gasteiger partial charge in [0.1, 0.15) is 0 Å². The summed E-state index contributed by atoms with van der Waals surface area (Å²) in [5.74, 6) is 0. The maximum atomic E-state index is 8.72. The SMILES string of the molecule is C=CCN(CCO)CCCCN. The van der Waals surface area contributed by atoms with Crippen molar-refractivity contribution in [1.29, 1.82) is 0 Å². The molecule has 0 aliphatic rings. The summed E-state index contributed by atoms with van der Waals surface area (Å²) in [5.41, 5.74) is 5.37. The monoisotopic (exact) mass is 172 g/mol. The lowest BCUT2D eigenvalue weighted by Crippen LogP contribution is -2.28. The van der Waals surface area contributed by atoms with E-state index in [2.05, 4.69) is 11.5 Å². The van der Waals surface area contributed by atoms with Gasteiger partial charge in [-0.25, -0.2) is 0 Å². The van der Waals surface area contributed by atoms with E-state index in [9.17, 15) is 0 Å². The molecule has 3 N–H and O–H groups in total. The molecule has 3 heteroatoms. The summed E-state index contributed by atoms with van der Waals surface area (Å²) in [7, 11) is 0. The summed E-state index contributed by atoms with van der Waals surface area (Å²) in [6, 6.07) is 0. The second kappa shape index (κ2) is 8.71. The van der Waals surface area contributed by atoms with Gasteiger partial charge in [0.05, 0.1) is 6.61 Å². The van der Waals surface area contributed by atoms with Crippen molar-refractivity contribution in [3.8, 4) is 0 Å². The standard InChI is InChI=1S/C9H20N2O/c1-2-6-11(8-9-12)7-4-3-5-10/h2,12H,1,3-10H2. The quantitative estimate of drug-likeness (QED) is 0.406. The largest absolute Gasteiger partial charge is 0.395 e. The predicted molar refractivity (Wildman–Crippen MR) is 52.0 cm³/mol. The van der Waals surface area contributed by atoms with Crippen molar-refractivity contribution in [2.75, 3.05) is 32.8 Å². The van der Waals surface area contributed by atoms with Crippen LogP contribution < -0.4 is 5.73 Å². The Bertz CT molecular complexity index is 107. The molecule has 0 radical (unpaired) electrons. The van der Waals surface area contributed by atoms with E-state index in [0.29, 0.717) is 0 Å². The van der Waals surface area contributed by atoms with E-state index in [1.165, 1.54) is 0 Å². The second-order valence-corrected chi connectivity index (χ2v) is 2.81. The first kappa shape index (κ1) is 11.6. The average Bonchev–Trinajstić information content (AvgIpc) is 2.06. The van der Waals surface area contributed by atoms with Gasteiger partial charge >= 0.3 is 0 Å². The van der Waals surface area contributed by atoms with Gasteiger partial charge in [-0.05, 0) is 25.9 Å². The molecule has 0 atom stereocenters. The fraction of sp³-hybridized carbons (Fsp3) is 0.778. The van der Waals surface area contributed by atoms with Crippen LogP contribution in [0, 0.1) is 0 Å². The van der Waals surface area contributed by atoms with Crippen molar-refractivity contribution in [2.24, 2.45) is 5.73 Å². The van der Waals surface area contributed by atoms with Crippen LogP contribution in [0.3, 0.4) is 0 Å². The molecule has 0 aromatic carbocycles. The number of nitrogens with two attached hydrogens (primary N) is 1. The minimum absolute atomic E-state index is 0.219. The molecule has 3 nitrogen and oxygen atoms in total. The predicted octanol–water partition coefficient (Wildman–Crippen LogP) is 0.206. The zero-order chi connectivity index (χ0) is 9.23. The zero-order valence-electron chi connectivity index (χ0n) is 7.71. The highest BCUT2D eigenvalue weighted by atomic mass is 16.3. The van der Waals surface area contributed by atoms with Gasteiger partial charge in [-0.1, -0.05) is 6.08 Å². The number of rotatable bonds is 8. The molecule has 0 bridgehead atoms. The van der Waals surface area contributed by atoms with Gasteiger partial charge in [-0.2, -0.15) is 0 Å². The molecule has 0 heterocycles. The Morgan fingerprint density at radius 3 is 2.58 bits per heavy atom. The number of hydrogen-bond donors (Lipinski definition) is 2. The van der Waals surface area contributed by atoms with Crippen molar-refractivity contribution in [3.05, 3.63) is 12.7 Å². The van der Waals surface area contributed by atoms with E-state index in [4.69, 9.17) is 10.8 Å². The Morgan fingerprint density at radius 1 is 1.33 bits per heavy atom. The fourth-order valence-electron chi connectivity index (χ4n) is 1.10. The van der Waals surface area contributed by atoms with Gasteiger partial charge in [0, 0.05) is 13.1 Å². The first-order valence-electron chi connectivity index (χ1n) is 4.49. The first-order valence-corrected chi connectivity index (χ1v) is 4.49. The zero-order valence-corrected chi connectivity index (χ0v) is 7.71. The molecule has 0 unspecified atom stereocenters. The molecule has 0 aliphatic heterocycles. The Kier molecular flexibility index (Phi) is 8.44. The van der Waals surface area contributed by atoms with Crippen molar-refractivity contribution >= 4 is 0 Å². The second-order valence-electron chi connectivity index (χ2n) is 2.81. The highest BCUT2D eigenvalue weighted by molar-refractivity contribution is 4.73. The van der Waals surface area contributed by atoms with Crippen LogP contribution in [0.15, 0.2) is 12.7 Å². The Hall–Kier alpha value is -0.380. The van der Waals surface area contributed by atoms with Crippen LogP contribution in [0.5, 0.6) is 0 Å². The summed E-state index contributed by atoms with van der Waals surface area (Å²) in [6.45, 7) is 7.22. The number of unbranched alkanes of at least 4 members (excludes halogenated alkanes) is 1. The van der Waals surface area contributed by atoms with Gasteiger partial charge in [-0.15, -0.1) is 6.58 Å². The molecule has 0 aromatic rings. The maximum absolute atomic E-state index is 8.72. The number of aliphatic hydroxyl groups is 1. The minimum Gasteiger partial charge on any atom is -0.395 e. The first-order chi connectivity index (χ1) is 5.85. The molecule has 0 amide bonds. The highest BCUT2D eigenvalue weighted by Crippen LogP contribution is 1.93. The molecule has 0 spiro atoms. The van der Waals surface area contributed by atoms with Gasteiger partial charge in [-0.3, -0.25) is 4.90 Å². The maximum Gasteiger partial charge on any atom is 0.0558 e. The third-order valence-electron chi connectivity index (χ3n) is 1.73. The summed E-state index contributed by atoms with van der Waals surface area (Å²) in [4.78, 5) is 2.17. The molecule has 0 rings (SSSR count). The van der Waals surface area contributed by atoms with Crippen LogP contribution >= 0.6 is 0 Å². The lowest BCUT2D eigenvalue weighted by atomic mass is 10.3. The third kappa shape index (κ3) is 6.34. The van der Waals surface area contributed by atoms with Crippen LogP contribution in [0.2, 0.25) is 0 Å². The lowest BCUT2D eigenvalue weighted by Gasteiger charge is -2.18. The van der Waals surface area contributed by atoms with Crippen molar-refractivity contribution < 1.29 is 5.11 Å². The molecule has 12 heavy (non-hydrogen) atoms. The lowest BCUT2D eigenvalue weighted by molar-refractivity contribution is 0.206. The van der Waals surface area contributed by atoms with Crippen molar-refractivity contribution in [2.45, 2.75) is 12.8 Å². The van der Waals surface area contributed by atoms with Crippen LogP contribution in [-0.4, -0.2) is 42.8 Å². The molecule has 0 saturated heterocycles. The van der Waals surface area contributed by atoms with Gasteiger partial charge in [0.25, 0.3) is 0 Å².